The van der Waals surface area contributed by atoms with Crippen LogP contribution in [-0.2, 0) is 19.3 Å². The summed E-state index contributed by atoms with van der Waals surface area (Å²) in [6.45, 7) is 0.540. The smallest absolute Gasteiger partial charge is 0.251 e. The average Bonchev–Trinajstić information content (AvgIpc) is 2.89. The van der Waals surface area contributed by atoms with Gasteiger partial charge in [-0.2, -0.15) is 0 Å². The van der Waals surface area contributed by atoms with E-state index >= 15 is 0 Å². The summed E-state index contributed by atoms with van der Waals surface area (Å²) in [5, 5.41) is 3.92. The minimum Gasteiger partial charge on any atom is -0.352 e. The molecular weight excluding hydrogens is 286 g/mol. The molecule has 0 aliphatic heterocycles. The van der Waals surface area contributed by atoms with Gasteiger partial charge in [0.25, 0.3) is 5.91 Å². The summed E-state index contributed by atoms with van der Waals surface area (Å²) in [6.07, 6.45) is 6.94. The molecule has 1 amide bonds. The predicted molar refractivity (Wildman–Crippen MR) is 81.9 cm³/mol. The number of nitrogens with one attached hydrogen (secondary N) is 2. The molecule has 1 aliphatic rings. The summed E-state index contributed by atoms with van der Waals surface area (Å²) >= 11 is 1.77. The van der Waals surface area contributed by atoms with Crippen molar-refractivity contribution in [2.75, 3.05) is 6.54 Å². The van der Waals surface area contributed by atoms with Gasteiger partial charge in [-0.25, -0.2) is 4.98 Å². The molecule has 2 aromatic rings. The lowest BCUT2D eigenvalue weighted by Gasteiger charge is -2.06. The van der Waals surface area contributed by atoms with Crippen molar-refractivity contribution in [1.82, 2.24) is 15.3 Å². The number of carbonyl (C=O) groups excluding carboxylic acids is 1. The van der Waals surface area contributed by atoms with E-state index < -0.39 is 0 Å². The quantitative estimate of drug-likeness (QED) is 0.902. The Hall–Kier alpha value is -1.95. The Morgan fingerprint density at radius 2 is 2.24 bits per heavy atom. The molecule has 2 heterocycles. The van der Waals surface area contributed by atoms with E-state index in [-0.39, 0.29) is 11.5 Å². The number of aromatic nitrogens is 2. The number of thiazole rings is 1. The number of aryl methyl sites for hydroxylation is 2. The van der Waals surface area contributed by atoms with Gasteiger partial charge in [0.05, 0.1) is 10.7 Å². The molecule has 6 heteroatoms. The highest BCUT2D eigenvalue weighted by Crippen LogP contribution is 2.26. The van der Waals surface area contributed by atoms with E-state index in [1.807, 2.05) is 0 Å². The predicted octanol–water partition coefficient (Wildman–Crippen LogP) is 1.68. The molecule has 0 bridgehead atoms. The summed E-state index contributed by atoms with van der Waals surface area (Å²) in [5.74, 6) is -0.220. The minimum atomic E-state index is -0.268. The third-order valence-electron chi connectivity index (χ3n) is 3.55. The van der Waals surface area contributed by atoms with Crippen molar-refractivity contribution in [3.63, 3.8) is 0 Å². The van der Waals surface area contributed by atoms with Gasteiger partial charge < -0.3 is 10.3 Å². The molecule has 1 aliphatic carbocycles. The number of aromatic amines is 1. The van der Waals surface area contributed by atoms with Crippen molar-refractivity contribution in [2.24, 2.45) is 0 Å². The van der Waals surface area contributed by atoms with Crippen LogP contribution in [-0.4, -0.2) is 22.4 Å². The van der Waals surface area contributed by atoms with Crippen LogP contribution in [0, 0.1) is 0 Å². The van der Waals surface area contributed by atoms with Crippen LogP contribution in [0.5, 0.6) is 0 Å². The number of amides is 1. The van der Waals surface area contributed by atoms with Crippen LogP contribution < -0.4 is 10.9 Å². The number of H-pyrrole nitrogens is 1. The lowest BCUT2D eigenvalue weighted by molar-refractivity contribution is 0.0954. The number of nitrogens with zero attached hydrogens (tertiary/aromatic N) is 1. The molecule has 0 atom stereocenters. The molecule has 3 rings (SSSR count). The number of pyridine rings is 1. The molecule has 110 valence electrons. The van der Waals surface area contributed by atoms with Crippen LogP contribution >= 0.6 is 11.3 Å². The maximum Gasteiger partial charge on any atom is 0.251 e. The maximum absolute atomic E-state index is 11.9. The third kappa shape index (κ3) is 3.39. The first-order valence-corrected chi connectivity index (χ1v) is 7.98. The first kappa shape index (κ1) is 14.0. The first-order chi connectivity index (χ1) is 10.2. The summed E-state index contributed by atoms with van der Waals surface area (Å²) < 4.78 is 0. The average molecular weight is 303 g/mol. The summed E-state index contributed by atoms with van der Waals surface area (Å²) in [7, 11) is 0. The van der Waals surface area contributed by atoms with Gasteiger partial charge in [-0.1, -0.05) is 0 Å². The molecule has 0 saturated heterocycles. The molecule has 0 aromatic carbocycles. The normalized spacial score (nSPS) is 13.7. The zero-order chi connectivity index (χ0) is 14.7. The van der Waals surface area contributed by atoms with Gasteiger partial charge in [0.1, 0.15) is 0 Å². The van der Waals surface area contributed by atoms with Gasteiger partial charge in [0.2, 0.25) is 5.56 Å². The van der Waals surface area contributed by atoms with Gasteiger partial charge in [0, 0.05) is 35.7 Å². The Bertz CT molecular complexity index is 681. The van der Waals surface area contributed by atoms with Crippen molar-refractivity contribution in [3.8, 4) is 0 Å². The van der Waals surface area contributed by atoms with Crippen molar-refractivity contribution in [1.29, 1.82) is 0 Å². The highest BCUT2D eigenvalue weighted by atomic mass is 32.1. The van der Waals surface area contributed by atoms with Crippen molar-refractivity contribution >= 4 is 17.2 Å². The van der Waals surface area contributed by atoms with E-state index in [0.717, 1.165) is 24.3 Å². The second-order valence-electron chi connectivity index (χ2n) is 5.13. The van der Waals surface area contributed by atoms with Gasteiger partial charge in [0.15, 0.2) is 0 Å². The summed E-state index contributed by atoms with van der Waals surface area (Å²) in [5.41, 5.74) is 1.37. The molecule has 0 saturated carbocycles. The second kappa shape index (κ2) is 6.22. The highest BCUT2D eigenvalue weighted by molar-refractivity contribution is 7.11. The van der Waals surface area contributed by atoms with Gasteiger partial charge in [-0.05, 0) is 31.7 Å². The van der Waals surface area contributed by atoms with E-state index in [9.17, 15) is 9.59 Å². The fourth-order valence-electron chi connectivity index (χ4n) is 2.48. The van der Waals surface area contributed by atoms with Gasteiger partial charge >= 0.3 is 0 Å². The molecule has 0 radical (unpaired) electrons. The minimum absolute atomic E-state index is 0.220. The first-order valence-electron chi connectivity index (χ1n) is 7.17. The maximum atomic E-state index is 11.9. The van der Waals surface area contributed by atoms with E-state index in [4.69, 9.17) is 0 Å². The Labute approximate surface area is 126 Å². The van der Waals surface area contributed by atoms with E-state index in [1.165, 1.54) is 35.7 Å². The van der Waals surface area contributed by atoms with E-state index in [1.54, 1.807) is 17.4 Å². The Morgan fingerprint density at radius 1 is 1.38 bits per heavy atom. The monoisotopic (exact) mass is 303 g/mol. The third-order valence-corrected chi connectivity index (χ3v) is 4.77. The Kier molecular flexibility index (Phi) is 4.15. The zero-order valence-corrected chi connectivity index (χ0v) is 12.5. The van der Waals surface area contributed by atoms with Crippen molar-refractivity contribution < 1.29 is 4.79 Å². The van der Waals surface area contributed by atoms with Crippen molar-refractivity contribution in [3.05, 3.63) is 49.8 Å². The van der Waals surface area contributed by atoms with Crippen LogP contribution in [0.3, 0.4) is 0 Å². The molecule has 0 unspecified atom stereocenters. The Morgan fingerprint density at radius 3 is 3.05 bits per heavy atom. The van der Waals surface area contributed by atoms with Gasteiger partial charge in [-0.15, -0.1) is 11.3 Å². The number of fused-ring (bicyclic) bond motifs is 1. The standard InChI is InChI=1S/C15H17N3O2S/c19-13-9-10(5-7-16-13)15(20)17-8-6-14-18-11-3-1-2-4-12(11)21-14/h5,7,9H,1-4,6,8H2,(H,16,19)(H,17,20). The van der Waals surface area contributed by atoms with Crippen LogP contribution in [0.25, 0.3) is 0 Å². The molecule has 0 fully saturated rings. The molecule has 0 spiro atoms. The van der Waals surface area contributed by atoms with E-state index in [0.29, 0.717) is 12.1 Å². The number of hydrogen-bond acceptors (Lipinski definition) is 4. The van der Waals surface area contributed by atoms with E-state index in [2.05, 4.69) is 15.3 Å². The topological polar surface area (TPSA) is 74.8 Å². The fraction of sp³-hybridized carbons (Fsp3) is 0.400. The Balaban J connectivity index is 1.55. The van der Waals surface area contributed by atoms with Crippen LogP contribution in [0.1, 0.15) is 38.8 Å². The summed E-state index contributed by atoms with van der Waals surface area (Å²) in [6, 6.07) is 2.90. The molecular formula is C15H17N3O2S. The summed E-state index contributed by atoms with van der Waals surface area (Å²) in [4.78, 5) is 31.6. The number of hydrogen-bond donors (Lipinski definition) is 2. The van der Waals surface area contributed by atoms with Crippen LogP contribution in [0.4, 0.5) is 0 Å². The van der Waals surface area contributed by atoms with Gasteiger partial charge in [-0.3, -0.25) is 9.59 Å². The largest absolute Gasteiger partial charge is 0.352 e. The number of carbonyl (C=O) groups is 1. The zero-order valence-electron chi connectivity index (χ0n) is 11.6. The molecule has 2 N–H and O–H groups in total. The van der Waals surface area contributed by atoms with Crippen LogP contribution in [0.15, 0.2) is 23.1 Å². The SMILES string of the molecule is O=C(NCCc1nc2c(s1)CCCC2)c1cc[nH]c(=O)c1. The second-order valence-corrected chi connectivity index (χ2v) is 6.30. The fourth-order valence-corrected chi connectivity index (χ4v) is 3.64. The lowest BCUT2D eigenvalue weighted by Crippen LogP contribution is -2.26. The van der Waals surface area contributed by atoms with Crippen molar-refractivity contribution in [2.45, 2.75) is 32.1 Å². The number of rotatable bonds is 4. The van der Waals surface area contributed by atoms with Crippen LogP contribution in [0.2, 0.25) is 0 Å². The molecule has 5 nitrogen and oxygen atoms in total. The lowest BCUT2D eigenvalue weighted by atomic mass is 10.0. The molecule has 21 heavy (non-hydrogen) atoms. The highest BCUT2D eigenvalue weighted by Gasteiger charge is 2.15. The molecule has 2 aromatic heterocycles.